The molecule has 2 aromatic heterocycles. The fourth-order valence-corrected chi connectivity index (χ4v) is 2.56. The van der Waals surface area contributed by atoms with Gasteiger partial charge in [-0.2, -0.15) is 0 Å². The standard InChI is InChI=1S/C14H11NO2S/c16-14-6-8-18-15(14)10-11-3-1-4-12(9-11)13-5-2-7-17-13/h1-9H,10H2. The zero-order chi connectivity index (χ0) is 12.4. The minimum absolute atomic E-state index is 0.0448. The lowest BCUT2D eigenvalue weighted by atomic mass is 10.1. The van der Waals surface area contributed by atoms with Crippen molar-refractivity contribution in [2.45, 2.75) is 6.54 Å². The molecule has 0 spiro atoms. The molecular formula is C14H11NO2S. The van der Waals surface area contributed by atoms with Gasteiger partial charge in [0.2, 0.25) is 0 Å². The van der Waals surface area contributed by atoms with Crippen molar-refractivity contribution in [1.29, 1.82) is 0 Å². The number of nitrogens with zero attached hydrogens (tertiary/aromatic N) is 1. The quantitative estimate of drug-likeness (QED) is 0.722. The molecule has 0 saturated heterocycles. The van der Waals surface area contributed by atoms with Crippen LogP contribution in [0.15, 0.2) is 63.3 Å². The van der Waals surface area contributed by atoms with E-state index in [4.69, 9.17) is 4.42 Å². The van der Waals surface area contributed by atoms with Gasteiger partial charge in [0.1, 0.15) is 5.76 Å². The van der Waals surface area contributed by atoms with Crippen molar-refractivity contribution in [2.24, 2.45) is 0 Å². The summed E-state index contributed by atoms with van der Waals surface area (Å²) in [5, 5.41) is 1.80. The molecule has 0 aliphatic heterocycles. The largest absolute Gasteiger partial charge is 0.464 e. The molecule has 3 nitrogen and oxygen atoms in total. The average molecular weight is 257 g/mol. The smallest absolute Gasteiger partial charge is 0.260 e. The van der Waals surface area contributed by atoms with E-state index in [2.05, 4.69) is 0 Å². The molecule has 0 saturated carbocycles. The number of furan rings is 1. The van der Waals surface area contributed by atoms with Gasteiger partial charge in [0.15, 0.2) is 0 Å². The predicted octanol–water partition coefficient (Wildman–Crippen LogP) is 3.22. The Hall–Kier alpha value is -2.07. The highest BCUT2D eigenvalue weighted by molar-refractivity contribution is 7.04. The fourth-order valence-electron chi connectivity index (χ4n) is 1.84. The van der Waals surface area contributed by atoms with Gasteiger partial charge in [-0.25, -0.2) is 0 Å². The van der Waals surface area contributed by atoms with Crippen LogP contribution in [0.2, 0.25) is 0 Å². The lowest BCUT2D eigenvalue weighted by Crippen LogP contribution is -2.12. The molecule has 90 valence electrons. The third kappa shape index (κ3) is 2.15. The summed E-state index contributed by atoms with van der Waals surface area (Å²) >= 11 is 1.43. The summed E-state index contributed by atoms with van der Waals surface area (Å²) in [5.74, 6) is 0.843. The van der Waals surface area contributed by atoms with Crippen molar-refractivity contribution in [3.8, 4) is 11.3 Å². The van der Waals surface area contributed by atoms with E-state index in [1.807, 2.05) is 36.4 Å². The number of aromatic nitrogens is 1. The SMILES string of the molecule is O=c1ccsn1Cc1cccc(-c2ccco2)c1. The Kier molecular flexibility index (Phi) is 2.86. The first-order valence-corrected chi connectivity index (χ1v) is 6.44. The molecule has 0 aliphatic carbocycles. The van der Waals surface area contributed by atoms with E-state index in [9.17, 15) is 4.79 Å². The first kappa shape index (κ1) is 11.0. The van der Waals surface area contributed by atoms with Crippen LogP contribution in [0.4, 0.5) is 0 Å². The van der Waals surface area contributed by atoms with Crippen LogP contribution in [-0.4, -0.2) is 3.96 Å². The Morgan fingerprint density at radius 1 is 1.17 bits per heavy atom. The van der Waals surface area contributed by atoms with Crippen molar-refractivity contribution in [1.82, 2.24) is 3.96 Å². The van der Waals surface area contributed by atoms with E-state index in [0.29, 0.717) is 6.54 Å². The summed E-state index contributed by atoms with van der Waals surface area (Å²) in [7, 11) is 0. The van der Waals surface area contributed by atoms with E-state index >= 15 is 0 Å². The van der Waals surface area contributed by atoms with E-state index in [0.717, 1.165) is 16.9 Å². The van der Waals surface area contributed by atoms with Crippen LogP contribution < -0.4 is 5.56 Å². The van der Waals surface area contributed by atoms with Crippen molar-refractivity contribution in [3.63, 3.8) is 0 Å². The summed E-state index contributed by atoms with van der Waals surface area (Å²) in [6, 6.07) is 13.4. The molecule has 0 aliphatic rings. The summed E-state index contributed by atoms with van der Waals surface area (Å²) in [6.45, 7) is 0.602. The van der Waals surface area contributed by atoms with Gasteiger partial charge in [0.05, 0.1) is 12.8 Å². The minimum Gasteiger partial charge on any atom is -0.464 e. The molecule has 0 amide bonds. The second-order valence-electron chi connectivity index (χ2n) is 3.96. The van der Waals surface area contributed by atoms with Crippen LogP contribution in [0.3, 0.4) is 0 Å². The monoisotopic (exact) mass is 257 g/mol. The van der Waals surface area contributed by atoms with E-state index in [1.165, 1.54) is 11.5 Å². The molecular weight excluding hydrogens is 246 g/mol. The van der Waals surface area contributed by atoms with Gasteiger partial charge in [-0.05, 0) is 23.8 Å². The van der Waals surface area contributed by atoms with Crippen LogP contribution in [0, 0.1) is 0 Å². The molecule has 18 heavy (non-hydrogen) atoms. The highest BCUT2D eigenvalue weighted by Crippen LogP contribution is 2.21. The van der Waals surface area contributed by atoms with Crippen LogP contribution in [0.5, 0.6) is 0 Å². The first-order chi connectivity index (χ1) is 8.83. The second kappa shape index (κ2) is 4.66. The molecule has 1 aromatic carbocycles. The predicted molar refractivity (Wildman–Crippen MR) is 71.8 cm³/mol. The molecule has 4 heteroatoms. The van der Waals surface area contributed by atoms with Crippen molar-refractivity contribution < 1.29 is 4.42 Å². The van der Waals surface area contributed by atoms with Gasteiger partial charge in [-0.15, -0.1) is 0 Å². The number of rotatable bonds is 3. The summed E-state index contributed by atoms with van der Waals surface area (Å²) in [4.78, 5) is 11.5. The van der Waals surface area contributed by atoms with Crippen LogP contribution in [0.25, 0.3) is 11.3 Å². The molecule has 0 bridgehead atoms. The van der Waals surface area contributed by atoms with E-state index in [1.54, 1.807) is 21.7 Å². The summed E-state index contributed by atoms with van der Waals surface area (Å²) in [5.41, 5.74) is 2.17. The zero-order valence-corrected chi connectivity index (χ0v) is 10.4. The van der Waals surface area contributed by atoms with Crippen molar-refractivity contribution >= 4 is 11.5 Å². The molecule has 0 unspecified atom stereocenters. The number of hydrogen-bond donors (Lipinski definition) is 0. The van der Waals surface area contributed by atoms with Gasteiger partial charge in [-0.3, -0.25) is 8.75 Å². The maximum absolute atomic E-state index is 11.5. The highest BCUT2D eigenvalue weighted by atomic mass is 32.1. The van der Waals surface area contributed by atoms with Crippen molar-refractivity contribution in [2.75, 3.05) is 0 Å². The Morgan fingerprint density at radius 3 is 2.83 bits per heavy atom. The summed E-state index contributed by atoms with van der Waals surface area (Å²) < 4.78 is 7.09. The maximum Gasteiger partial charge on any atom is 0.260 e. The van der Waals surface area contributed by atoms with Crippen molar-refractivity contribution in [3.05, 3.63) is 70.0 Å². The van der Waals surface area contributed by atoms with Gasteiger partial charge < -0.3 is 4.42 Å². The van der Waals surface area contributed by atoms with Crippen LogP contribution >= 0.6 is 11.5 Å². The third-order valence-electron chi connectivity index (χ3n) is 2.70. The molecule has 0 radical (unpaired) electrons. The molecule has 0 N–H and O–H groups in total. The molecule has 3 rings (SSSR count). The normalized spacial score (nSPS) is 10.7. The maximum atomic E-state index is 11.5. The molecule has 0 fully saturated rings. The van der Waals surface area contributed by atoms with E-state index < -0.39 is 0 Å². The van der Waals surface area contributed by atoms with Gasteiger partial charge >= 0.3 is 0 Å². The van der Waals surface area contributed by atoms with Gasteiger partial charge in [0.25, 0.3) is 5.56 Å². The number of benzene rings is 1. The number of hydrogen-bond acceptors (Lipinski definition) is 3. The minimum atomic E-state index is 0.0448. The van der Waals surface area contributed by atoms with Gasteiger partial charge in [0, 0.05) is 17.0 Å². The topological polar surface area (TPSA) is 35.1 Å². The summed E-state index contributed by atoms with van der Waals surface area (Å²) in [6.07, 6.45) is 1.66. The molecule has 2 heterocycles. The fraction of sp³-hybridized carbons (Fsp3) is 0.0714. The molecule has 3 aromatic rings. The molecule has 0 atom stereocenters. The highest BCUT2D eigenvalue weighted by Gasteiger charge is 2.03. The van der Waals surface area contributed by atoms with Crippen LogP contribution in [0.1, 0.15) is 5.56 Å². The Morgan fingerprint density at radius 2 is 2.11 bits per heavy atom. The second-order valence-corrected chi connectivity index (χ2v) is 4.88. The lowest BCUT2D eigenvalue weighted by Gasteiger charge is -2.03. The Labute approximate surface area is 108 Å². The average Bonchev–Trinajstić information content (AvgIpc) is 3.02. The Balaban J connectivity index is 1.92. The van der Waals surface area contributed by atoms with Crippen LogP contribution in [-0.2, 0) is 6.54 Å². The lowest BCUT2D eigenvalue weighted by molar-refractivity contribution is 0.582. The van der Waals surface area contributed by atoms with E-state index in [-0.39, 0.29) is 5.56 Å². The zero-order valence-electron chi connectivity index (χ0n) is 9.58. The first-order valence-electron chi connectivity index (χ1n) is 5.60. The van der Waals surface area contributed by atoms with Gasteiger partial charge in [-0.1, -0.05) is 29.7 Å². The third-order valence-corrected chi connectivity index (χ3v) is 3.52. The Bertz CT molecular complexity index is 694.